The lowest BCUT2D eigenvalue weighted by Crippen LogP contribution is -2.16. The monoisotopic (exact) mass is 293 g/mol. The van der Waals surface area contributed by atoms with Crippen LogP contribution in [0.2, 0.25) is 5.02 Å². The standard InChI is InChI=1S/C16H14ClF2N/c17-15-6-3-12(18)8-14(15)10-1-2-11(16(19)7-10)9-20-13-4-5-13/h1-3,6-8,13,20H,4-5,9H2. The average molecular weight is 294 g/mol. The molecule has 1 aliphatic carbocycles. The Morgan fingerprint density at radius 3 is 2.60 bits per heavy atom. The van der Waals surface area contributed by atoms with E-state index < -0.39 is 0 Å². The highest BCUT2D eigenvalue weighted by molar-refractivity contribution is 6.33. The Balaban J connectivity index is 1.86. The maximum Gasteiger partial charge on any atom is 0.128 e. The molecule has 1 N–H and O–H groups in total. The molecule has 0 amide bonds. The number of nitrogens with one attached hydrogen (secondary N) is 1. The quantitative estimate of drug-likeness (QED) is 0.873. The summed E-state index contributed by atoms with van der Waals surface area (Å²) in [6, 6.07) is 9.52. The third-order valence-corrected chi connectivity index (χ3v) is 3.78. The summed E-state index contributed by atoms with van der Waals surface area (Å²) in [5, 5.41) is 3.68. The number of halogens is 3. The first kappa shape index (κ1) is 13.5. The van der Waals surface area contributed by atoms with Crippen molar-refractivity contribution in [2.75, 3.05) is 0 Å². The van der Waals surface area contributed by atoms with Gasteiger partial charge in [-0.15, -0.1) is 0 Å². The Morgan fingerprint density at radius 2 is 1.90 bits per heavy atom. The summed E-state index contributed by atoms with van der Waals surface area (Å²) < 4.78 is 27.3. The van der Waals surface area contributed by atoms with Crippen molar-refractivity contribution in [3.63, 3.8) is 0 Å². The van der Waals surface area contributed by atoms with Gasteiger partial charge in [0.2, 0.25) is 0 Å². The van der Waals surface area contributed by atoms with Gasteiger partial charge in [0.25, 0.3) is 0 Å². The second kappa shape index (κ2) is 5.51. The largest absolute Gasteiger partial charge is 0.310 e. The molecule has 20 heavy (non-hydrogen) atoms. The molecule has 0 atom stereocenters. The number of hydrogen-bond donors (Lipinski definition) is 1. The van der Waals surface area contributed by atoms with Crippen molar-refractivity contribution in [1.82, 2.24) is 5.32 Å². The molecular formula is C16H14ClF2N. The molecule has 1 aliphatic rings. The normalized spacial score (nSPS) is 14.6. The number of hydrogen-bond acceptors (Lipinski definition) is 1. The van der Waals surface area contributed by atoms with E-state index in [2.05, 4.69) is 5.32 Å². The van der Waals surface area contributed by atoms with Crippen LogP contribution in [0, 0.1) is 11.6 Å². The maximum absolute atomic E-state index is 14.1. The Kier molecular flexibility index (Phi) is 3.72. The van der Waals surface area contributed by atoms with Gasteiger partial charge >= 0.3 is 0 Å². The molecule has 0 saturated heterocycles. The van der Waals surface area contributed by atoms with Gasteiger partial charge in [0.05, 0.1) is 0 Å². The fourth-order valence-corrected chi connectivity index (χ4v) is 2.35. The summed E-state index contributed by atoms with van der Waals surface area (Å²) in [5.41, 5.74) is 1.71. The second-order valence-corrected chi connectivity index (χ2v) is 5.49. The first-order valence-corrected chi connectivity index (χ1v) is 6.98. The van der Waals surface area contributed by atoms with E-state index in [0.29, 0.717) is 34.3 Å². The Labute approximate surface area is 121 Å². The van der Waals surface area contributed by atoms with Crippen molar-refractivity contribution < 1.29 is 8.78 Å². The molecule has 2 aromatic carbocycles. The topological polar surface area (TPSA) is 12.0 Å². The lowest BCUT2D eigenvalue weighted by molar-refractivity contribution is 0.587. The van der Waals surface area contributed by atoms with Crippen molar-refractivity contribution in [2.45, 2.75) is 25.4 Å². The van der Waals surface area contributed by atoms with Crippen LogP contribution in [0.1, 0.15) is 18.4 Å². The van der Waals surface area contributed by atoms with Gasteiger partial charge in [0.1, 0.15) is 11.6 Å². The fraction of sp³-hybridized carbons (Fsp3) is 0.250. The summed E-state index contributed by atoms with van der Waals surface area (Å²) in [6.45, 7) is 0.521. The maximum atomic E-state index is 14.1. The van der Waals surface area contributed by atoms with E-state index >= 15 is 0 Å². The molecule has 4 heteroatoms. The van der Waals surface area contributed by atoms with E-state index in [1.165, 1.54) is 37.1 Å². The molecule has 2 aromatic rings. The minimum absolute atomic E-state index is 0.295. The second-order valence-electron chi connectivity index (χ2n) is 5.09. The van der Waals surface area contributed by atoms with Gasteiger partial charge in [-0.2, -0.15) is 0 Å². The van der Waals surface area contributed by atoms with Crippen LogP contribution in [0.15, 0.2) is 36.4 Å². The third kappa shape index (κ3) is 3.00. The Bertz CT molecular complexity index is 638. The van der Waals surface area contributed by atoms with E-state index in [-0.39, 0.29) is 11.6 Å². The van der Waals surface area contributed by atoms with E-state index in [0.717, 1.165) is 0 Å². The zero-order valence-electron chi connectivity index (χ0n) is 10.8. The molecule has 0 unspecified atom stereocenters. The highest BCUT2D eigenvalue weighted by atomic mass is 35.5. The van der Waals surface area contributed by atoms with Crippen LogP contribution in [0.5, 0.6) is 0 Å². The van der Waals surface area contributed by atoms with Gasteiger partial charge in [-0.25, -0.2) is 8.78 Å². The molecule has 0 bridgehead atoms. The molecule has 0 aliphatic heterocycles. The molecular weight excluding hydrogens is 280 g/mol. The van der Waals surface area contributed by atoms with Gasteiger partial charge in [-0.05, 0) is 42.7 Å². The molecule has 0 aromatic heterocycles. The van der Waals surface area contributed by atoms with Crippen molar-refractivity contribution in [2.24, 2.45) is 0 Å². The lowest BCUT2D eigenvalue weighted by Gasteiger charge is -2.09. The smallest absolute Gasteiger partial charge is 0.128 e. The summed E-state index contributed by atoms with van der Waals surface area (Å²) in [7, 11) is 0. The highest BCUT2D eigenvalue weighted by Crippen LogP contribution is 2.30. The van der Waals surface area contributed by atoms with Crippen LogP contribution in [-0.2, 0) is 6.54 Å². The Morgan fingerprint density at radius 1 is 1.10 bits per heavy atom. The molecule has 3 rings (SSSR count). The van der Waals surface area contributed by atoms with Crippen LogP contribution in [0.25, 0.3) is 11.1 Å². The van der Waals surface area contributed by atoms with Crippen LogP contribution in [0.3, 0.4) is 0 Å². The van der Waals surface area contributed by atoms with E-state index in [9.17, 15) is 8.78 Å². The van der Waals surface area contributed by atoms with Gasteiger partial charge in [0, 0.05) is 28.7 Å². The SMILES string of the molecule is Fc1ccc(Cl)c(-c2ccc(CNC3CC3)c(F)c2)c1. The predicted octanol–water partition coefficient (Wildman–Crippen LogP) is 4.54. The average Bonchev–Trinajstić information content (AvgIpc) is 3.24. The first-order valence-electron chi connectivity index (χ1n) is 6.61. The lowest BCUT2D eigenvalue weighted by atomic mass is 10.0. The van der Waals surface area contributed by atoms with E-state index in [4.69, 9.17) is 11.6 Å². The van der Waals surface area contributed by atoms with Crippen molar-refractivity contribution in [3.05, 3.63) is 58.6 Å². The van der Waals surface area contributed by atoms with Gasteiger partial charge < -0.3 is 5.32 Å². The minimum atomic E-state index is -0.385. The molecule has 0 radical (unpaired) electrons. The highest BCUT2D eigenvalue weighted by Gasteiger charge is 2.20. The first-order chi connectivity index (χ1) is 9.63. The number of rotatable bonds is 4. The zero-order chi connectivity index (χ0) is 14.1. The minimum Gasteiger partial charge on any atom is -0.310 e. The summed E-state index contributed by atoms with van der Waals surface area (Å²) in [4.78, 5) is 0. The molecule has 1 fully saturated rings. The van der Waals surface area contributed by atoms with Gasteiger partial charge in [-0.3, -0.25) is 0 Å². The number of benzene rings is 2. The van der Waals surface area contributed by atoms with Crippen molar-refractivity contribution in [3.8, 4) is 11.1 Å². The van der Waals surface area contributed by atoms with E-state index in [1.807, 2.05) is 0 Å². The van der Waals surface area contributed by atoms with Gasteiger partial charge in [0.15, 0.2) is 0 Å². The molecule has 1 nitrogen and oxygen atoms in total. The van der Waals surface area contributed by atoms with Crippen molar-refractivity contribution in [1.29, 1.82) is 0 Å². The molecule has 0 heterocycles. The third-order valence-electron chi connectivity index (χ3n) is 3.45. The fourth-order valence-electron chi connectivity index (χ4n) is 2.12. The summed E-state index contributed by atoms with van der Waals surface area (Å²) in [6.07, 6.45) is 2.33. The zero-order valence-corrected chi connectivity index (χ0v) is 11.6. The molecule has 0 spiro atoms. The van der Waals surface area contributed by atoms with Crippen LogP contribution < -0.4 is 5.32 Å². The van der Waals surface area contributed by atoms with Crippen LogP contribution in [-0.4, -0.2) is 6.04 Å². The van der Waals surface area contributed by atoms with Crippen LogP contribution >= 0.6 is 11.6 Å². The summed E-state index contributed by atoms with van der Waals surface area (Å²) in [5.74, 6) is -0.680. The summed E-state index contributed by atoms with van der Waals surface area (Å²) >= 11 is 6.03. The molecule has 104 valence electrons. The van der Waals surface area contributed by atoms with Crippen molar-refractivity contribution >= 4 is 11.6 Å². The Hall–Kier alpha value is -1.45. The molecule has 1 saturated carbocycles. The predicted molar refractivity (Wildman–Crippen MR) is 76.7 cm³/mol. The van der Waals surface area contributed by atoms with E-state index in [1.54, 1.807) is 12.1 Å². The van der Waals surface area contributed by atoms with Gasteiger partial charge in [-0.1, -0.05) is 23.7 Å². The van der Waals surface area contributed by atoms with Crippen LogP contribution in [0.4, 0.5) is 8.78 Å².